The van der Waals surface area contributed by atoms with E-state index in [1.807, 2.05) is 24.3 Å². The zero-order valence-corrected chi connectivity index (χ0v) is 11.8. The van der Waals surface area contributed by atoms with Crippen LogP contribution in [0.25, 0.3) is 0 Å². The van der Waals surface area contributed by atoms with Crippen molar-refractivity contribution in [1.29, 1.82) is 0 Å². The lowest BCUT2D eigenvalue weighted by molar-refractivity contribution is 0.296. The molecule has 0 heterocycles. The first-order chi connectivity index (χ1) is 8.53. The van der Waals surface area contributed by atoms with Crippen LogP contribution in [0, 0.1) is 0 Å². The average molecular weight is 247 g/mol. The minimum atomic E-state index is 0.181. The van der Waals surface area contributed by atoms with Gasteiger partial charge in [0.05, 0.1) is 6.61 Å². The van der Waals surface area contributed by atoms with Gasteiger partial charge in [0.2, 0.25) is 0 Å². The van der Waals surface area contributed by atoms with Crippen molar-refractivity contribution in [2.24, 2.45) is 0 Å². The van der Waals surface area contributed by atoms with Crippen molar-refractivity contribution in [3.63, 3.8) is 0 Å². The molecule has 0 radical (unpaired) electrons. The molecule has 0 saturated carbocycles. The zero-order chi connectivity index (χ0) is 13.4. The summed E-state index contributed by atoms with van der Waals surface area (Å²) in [6, 6.07) is 8.16. The van der Waals surface area contributed by atoms with E-state index in [0.29, 0.717) is 0 Å². The number of hydrogen-bond acceptors (Lipinski definition) is 2. The summed E-state index contributed by atoms with van der Waals surface area (Å²) in [4.78, 5) is 0. The van der Waals surface area contributed by atoms with Crippen molar-refractivity contribution in [2.75, 3.05) is 13.2 Å². The van der Waals surface area contributed by atoms with Crippen molar-refractivity contribution < 1.29 is 4.74 Å². The van der Waals surface area contributed by atoms with E-state index in [0.717, 1.165) is 31.7 Å². The van der Waals surface area contributed by atoms with Gasteiger partial charge in [0.1, 0.15) is 5.75 Å². The third-order valence-electron chi connectivity index (χ3n) is 2.57. The van der Waals surface area contributed by atoms with Crippen LogP contribution in [0.15, 0.2) is 36.9 Å². The maximum Gasteiger partial charge on any atom is 0.122 e. The predicted molar refractivity (Wildman–Crippen MR) is 78.2 cm³/mol. The van der Waals surface area contributed by atoms with Crippen molar-refractivity contribution in [2.45, 2.75) is 39.2 Å². The third kappa shape index (κ3) is 5.87. The minimum absolute atomic E-state index is 0.181. The Morgan fingerprint density at radius 3 is 2.67 bits per heavy atom. The Bertz CT molecular complexity index is 366. The first-order valence-corrected chi connectivity index (χ1v) is 6.59. The second kappa shape index (κ2) is 7.22. The monoisotopic (exact) mass is 247 g/mol. The molecule has 2 nitrogen and oxygen atoms in total. The molecule has 18 heavy (non-hydrogen) atoms. The SMILES string of the molecule is C=CCc1ccccc1OCCCNC(C)(C)C. The van der Waals surface area contributed by atoms with Crippen molar-refractivity contribution in [3.05, 3.63) is 42.5 Å². The maximum atomic E-state index is 5.82. The zero-order valence-electron chi connectivity index (χ0n) is 11.8. The lowest BCUT2D eigenvalue weighted by Gasteiger charge is -2.20. The lowest BCUT2D eigenvalue weighted by atomic mass is 10.1. The summed E-state index contributed by atoms with van der Waals surface area (Å²) in [5.74, 6) is 0.980. The molecule has 0 bridgehead atoms. The number of nitrogens with one attached hydrogen (secondary N) is 1. The van der Waals surface area contributed by atoms with E-state index in [1.165, 1.54) is 5.56 Å². The highest BCUT2D eigenvalue weighted by Gasteiger charge is 2.07. The Kier molecular flexibility index (Phi) is 5.93. The summed E-state index contributed by atoms with van der Waals surface area (Å²) in [6.45, 7) is 12.0. The molecule has 0 aliphatic rings. The first-order valence-electron chi connectivity index (χ1n) is 6.59. The fourth-order valence-electron chi connectivity index (χ4n) is 1.69. The van der Waals surface area contributed by atoms with Crippen LogP contribution >= 0.6 is 0 Å². The normalized spacial score (nSPS) is 11.3. The largest absolute Gasteiger partial charge is 0.493 e. The van der Waals surface area contributed by atoms with Crippen molar-refractivity contribution >= 4 is 0 Å². The Balaban J connectivity index is 2.33. The number of allylic oxidation sites excluding steroid dienone is 1. The second-order valence-corrected chi connectivity index (χ2v) is 5.48. The number of para-hydroxylation sites is 1. The molecular weight excluding hydrogens is 222 g/mol. The summed E-state index contributed by atoms with van der Waals surface area (Å²) >= 11 is 0. The van der Waals surface area contributed by atoms with Crippen LogP contribution in [0.5, 0.6) is 5.75 Å². The smallest absolute Gasteiger partial charge is 0.122 e. The molecule has 0 spiro atoms. The Labute approximate surface area is 111 Å². The molecule has 100 valence electrons. The molecule has 1 aromatic carbocycles. The Hall–Kier alpha value is -1.28. The third-order valence-corrected chi connectivity index (χ3v) is 2.57. The summed E-state index contributed by atoms with van der Waals surface area (Å²) in [5.41, 5.74) is 1.39. The summed E-state index contributed by atoms with van der Waals surface area (Å²) < 4.78 is 5.82. The molecule has 0 unspecified atom stereocenters. The van der Waals surface area contributed by atoms with Gasteiger partial charge in [-0.15, -0.1) is 6.58 Å². The molecule has 0 aromatic heterocycles. The van der Waals surface area contributed by atoms with Crippen LogP contribution in [0.3, 0.4) is 0 Å². The van der Waals surface area contributed by atoms with Crippen molar-refractivity contribution in [3.8, 4) is 5.75 Å². The Morgan fingerprint density at radius 1 is 1.28 bits per heavy atom. The van der Waals surface area contributed by atoms with Gasteiger partial charge in [-0.2, -0.15) is 0 Å². The summed E-state index contributed by atoms with van der Waals surface area (Å²) in [5, 5.41) is 3.45. The van der Waals surface area contributed by atoms with Gasteiger partial charge < -0.3 is 10.1 Å². The molecule has 0 amide bonds. The fourth-order valence-corrected chi connectivity index (χ4v) is 1.69. The predicted octanol–water partition coefficient (Wildman–Crippen LogP) is 3.57. The fraction of sp³-hybridized carbons (Fsp3) is 0.500. The van der Waals surface area contributed by atoms with Crippen LogP contribution in [0.1, 0.15) is 32.8 Å². The summed E-state index contributed by atoms with van der Waals surface area (Å²) in [6.07, 6.45) is 3.78. The maximum absolute atomic E-state index is 5.82. The molecule has 0 fully saturated rings. The van der Waals surface area contributed by atoms with Crippen molar-refractivity contribution in [1.82, 2.24) is 5.32 Å². The van der Waals surface area contributed by atoms with Crippen LogP contribution in [-0.4, -0.2) is 18.7 Å². The number of ether oxygens (including phenoxy) is 1. The molecule has 1 aromatic rings. The molecular formula is C16H25NO. The Morgan fingerprint density at radius 2 is 2.00 bits per heavy atom. The van der Waals surface area contributed by atoms with Gasteiger partial charge in [-0.3, -0.25) is 0 Å². The van der Waals surface area contributed by atoms with E-state index in [4.69, 9.17) is 4.74 Å². The van der Waals surface area contributed by atoms with Gasteiger partial charge in [0, 0.05) is 5.54 Å². The lowest BCUT2D eigenvalue weighted by Crippen LogP contribution is -2.36. The van der Waals surface area contributed by atoms with Crippen LogP contribution in [0.4, 0.5) is 0 Å². The van der Waals surface area contributed by atoms with E-state index >= 15 is 0 Å². The van der Waals surface area contributed by atoms with E-state index in [-0.39, 0.29) is 5.54 Å². The van der Waals surface area contributed by atoms with Gasteiger partial charge in [-0.05, 0) is 51.8 Å². The minimum Gasteiger partial charge on any atom is -0.493 e. The van der Waals surface area contributed by atoms with Crippen LogP contribution < -0.4 is 10.1 Å². The van der Waals surface area contributed by atoms with Gasteiger partial charge >= 0.3 is 0 Å². The molecule has 0 aliphatic carbocycles. The standard InChI is InChI=1S/C16H25NO/c1-5-9-14-10-6-7-11-15(14)18-13-8-12-17-16(2,3)4/h5-7,10-11,17H,1,8-9,12-13H2,2-4H3. The van der Waals surface area contributed by atoms with Gasteiger partial charge in [0.25, 0.3) is 0 Å². The van der Waals surface area contributed by atoms with Gasteiger partial charge in [0.15, 0.2) is 0 Å². The number of benzene rings is 1. The van der Waals surface area contributed by atoms with E-state index in [2.05, 4.69) is 38.7 Å². The summed E-state index contributed by atoms with van der Waals surface area (Å²) in [7, 11) is 0. The molecule has 0 atom stereocenters. The van der Waals surface area contributed by atoms with E-state index < -0.39 is 0 Å². The highest BCUT2D eigenvalue weighted by Crippen LogP contribution is 2.18. The highest BCUT2D eigenvalue weighted by molar-refractivity contribution is 5.34. The van der Waals surface area contributed by atoms with Crippen LogP contribution in [0.2, 0.25) is 0 Å². The topological polar surface area (TPSA) is 21.3 Å². The molecule has 1 rings (SSSR count). The van der Waals surface area contributed by atoms with Gasteiger partial charge in [-0.1, -0.05) is 24.3 Å². The quantitative estimate of drug-likeness (QED) is 0.587. The highest BCUT2D eigenvalue weighted by atomic mass is 16.5. The number of hydrogen-bond donors (Lipinski definition) is 1. The van der Waals surface area contributed by atoms with E-state index in [9.17, 15) is 0 Å². The number of rotatable bonds is 7. The van der Waals surface area contributed by atoms with E-state index in [1.54, 1.807) is 0 Å². The average Bonchev–Trinajstić information content (AvgIpc) is 2.29. The molecule has 2 heteroatoms. The van der Waals surface area contributed by atoms with Crippen LogP contribution in [-0.2, 0) is 6.42 Å². The molecule has 0 saturated heterocycles. The van der Waals surface area contributed by atoms with Gasteiger partial charge in [-0.25, -0.2) is 0 Å². The molecule has 0 aliphatic heterocycles. The molecule has 1 N–H and O–H groups in total. The first kappa shape index (κ1) is 14.8. The second-order valence-electron chi connectivity index (χ2n) is 5.48.